The molecule has 0 spiro atoms. The number of piperazine rings is 1. The molecule has 0 unspecified atom stereocenters. The number of hydrogen-bond acceptors (Lipinski definition) is 6. The molecule has 1 aliphatic heterocycles. The van der Waals surface area contributed by atoms with Gasteiger partial charge in [-0.15, -0.1) is 0 Å². The van der Waals surface area contributed by atoms with Gasteiger partial charge in [-0.05, 0) is 36.4 Å². The number of rotatable bonds is 5. The fourth-order valence-corrected chi connectivity index (χ4v) is 3.29. The van der Waals surface area contributed by atoms with Crippen LogP contribution in [-0.2, 0) is 6.42 Å². The number of anilines is 1. The first kappa shape index (κ1) is 17.5. The van der Waals surface area contributed by atoms with Crippen LogP contribution in [0, 0.1) is 5.82 Å². The SMILES string of the molecule is O=c1oc(CCN2CCN(c3ccccn3)CC2)c(-c2ccc(F)cc2)o1. The third kappa shape index (κ3) is 4.09. The van der Waals surface area contributed by atoms with Crippen LogP contribution in [0.4, 0.5) is 10.2 Å². The average molecular weight is 369 g/mol. The van der Waals surface area contributed by atoms with Crippen LogP contribution in [0.3, 0.4) is 0 Å². The Bertz CT molecular complexity index is 929. The minimum absolute atomic E-state index is 0.336. The van der Waals surface area contributed by atoms with Crippen LogP contribution in [0.1, 0.15) is 5.76 Å². The molecule has 6 nitrogen and oxygen atoms in total. The molecule has 1 aliphatic rings. The predicted octanol–water partition coefficient (Wildman–Crippen LogP) is 2.80. The van der Waals surface area contributed by atoms with Crippen LogP contribution in [0.5, 0.6) is 0 Å². The molecule has 27 heavy (non-hydrogen) atoms. The molecule has 0 saturated carbocycles. The van der Waals surface area contributed by atoms with Crippen molar-refractivity contribution in [2.75, 3.05) is 37.6 Å². The molecule has 7 heteroatoms. The van der Waals surface area contributed by atoms with E-state index < -0.39 is 5.82 Å². The van der Waals surface area contributed by atoms with Crippen LogP contribution >= 0.6 is 0 Å². The lowest BCUT2D eigenvalue weighted by Gasteiger charge is -2.35. The monoisotopic (exact) mass is 369 g/mol. The van der Waals surface area contributed by atoms with Gasteiger partial charge < -0.3 is 13.7 Å². The Morgan fingerprint density at radius 3 is 2.48 bits per heavy atom. The predicted molar refractivity (Wildman–Crippen MR) is 99.2 cm³/mol. The van der Waals surface area contributed by atoms with E-state index in [1.165, 1.54) is 12.1 Å². The topological polar surface area (TPSA) is 62.7 Å². The average Bonchev–Trinajstić information content (AvgIpc) is 3.08. The van der Waals surface area contributed by atoms with Gasteiger partial charge >= 0.3 is 5.82 Å². The molecule has 0 amide bonds. The molecule has 0 radical (unpaired) electrons. The van der Waals surface area contributed by atoms with Crippen LogP contribution in [0.25, 0.3) is 11.3 Å². The summed E-state index contributed by atoms with van der Waals surface area (Å²) in [6.45, 7) is 4.37. The van der Waals surface area contributed by atoms with Gasteiger partial charge in [-0.1, -0.05) is 6.07 Å². The van der Waals surface area contributed by atoms with E-state index in [2.05, 4.69) is 14.8 Å². The summed E-state index contributed by atoms with van der Waals surface area (Å²) in [7, 11) is 0. The zero-order valence-electron chi connectivity index (χ0n) is 14.8. The van der Waals surface area contributed by atoms with Gasteiger partial charge in [0.1, 0.15) is 11.6 Å². The van der Waals surface area contributed by atoms with E-state index in [0.29, 0.717) is 23.5 Å². The molecule has 2 aromatic heterocycles. The van der Waals surface area contributed by atoms with Crippen LogP contribution in [0.15, 0.2) is 62.3 Å². The number of nitrogens with zero attached hydrogens (tertiary/aromatic N) is 3. The molecule has 0 N–H and O–H groups in total. The summed E-state index contributed by atoms with van der Waals surface area (Å²) < 4.78 is 23.5. The van der Waals surface area contributed by atoms with Gasteiger partial charge in [0, 0.05) is 50.9 Å². The highest BCUT2D eigenvalue weighted by Gasteiger charge is 2.20. The molecule has 0 bridgehead atoms. The Morgan fingerprint density at radius 2 is 1.78 bits per heavy atom. The first-order chi connectivity index (χ1) is 13.2. The Morgan fingerprint density at radius 1 is 1.00 bits per heavy atom. The summed E-state index contributed by atoms with van der Waals surface area (Å²) >= 11 is 0. The molecule has 1 aromatic carbocycles. The minimum atomic E-state index is -0.732. The second-order valence-electron chi connectivity index (χ2n) is 6.48. The molecule has 3 heterocycles. The number of hydrogen-bond donors (Lipinski definition) is 0. The summed E-state index contributed by atoms with van der Waals surface area (Å²) in [5.74, 6) is 0.809. The van der Waals surface area contributed by atoms with Gasteiger partial charge in [0.15, 0.2) is 11.5 Å². The summed E-state index contributed by atoms with van der Waals surface area (Å²) in [6, 6.07) is 11.8. The van der Waals surface area contributed by atoms with E-state index in [1.807, 2.05) is 18.2 Å². The van der Waals surface area contributed by atoms with Gasteiger partial charge in [0.25, 0.3) is 0 Å². The van der Waals surface area contributed by atoms with Crippen molar-refractivity contribution in [1.29, 1.82) is 0 Å². The largest absolute Gasteiger partial charge is 0.519 e. The lowest BCUT2D eigenvalue weighted by molar-refractivity contribution is 0.253. The highest BCUT2D eigenvalue weighted by Crippen LogP contribution is 2.24. The maximum atomic E-state index is 13.1. The normalized spacial score (nSPS) is 15.2. The van der Waals surface area contributed by atoms with E-state index in [1.54, 1.807) is 18.3 Å². The van der Waals surface area contributed by atoms with E-state index in [4.69, 9.17) is 8.83 Å². The molecular formula is C20H20FN3O3. The molecule has 1 fully saturated rings. The molecule has 0 atom stereocenters. The fourth-order valence-electron chi connectivity index (χ4n) is 3.29. The van der Waals surface area contributed by atoms with Crippen LogP contribution < -0.4 is 10.7 Å². The van der Waals surface area contributed by atoms with Crippen molar-refractivity contribution in [3.05, 3.63) is 70.9 Å². The first-order valence-electron chi connectivity index (χ1n) is 8.96. The van der Waals surface area contributed by atoms with Gasteiger partial charge in [-0.25, -0.2) is 14.2 Å². The molecule has 140 valence electrons. The van der Waals surface area contributed by atoms with Crippen molar-refractivity contribution in [2.45, 2.75) is 6.42 Å². The van der Waals surface area contributed by atoms with Crippen LogP contribution in [-0.4, -0.2) is 42.6 Å². The Hall–Kier alpha value is -2.93. The molecule has 1 saturated heterocycles. The zero-order valence-corrected chi connectivity index (χ0v) is 14.8. The Kier molecular flexibility index (Phi) is 5.02. The van der Waals surface area contributed by atoms with Crippen molar-refractivity contribution in [1.82, 2.24) is 9.88 Å². The third-order valence-electron chi connectivity index (χ3n) is 4.75. The Balaban J connectivity index is 1.37. The number of benzene rings is 1. The summed E-state index contributed by atoms with van der Waals surface area (Å²) in [5.41, 5.74) is 0.636. The van der Waals surface area contributed by atoms with Gasteiger partial charge in [0.2, 0.25) is 0 Å². The highest BCUT2D eigenvalue weighted by atomic mass is 19.1. The van der Waals surface area contributed by atoms with Crippen molar-refractivity contribution < 1.29 is 13.2 Å². The fraction of sp³-hybridized carbons (Fsp3) is 0.300. The summed E-state index contributed by atoms with van der Waals surface area (Å²) in [4.78, 5) is 20.5. The molecular weight excluding hydrogens is 349 g/mol. The van der Waals surface area contributed by atoms with E-state index >= 15 is 0 Å². The van der Waals surface area contributed by atoms with Crippen molar-refractivity contribution in [2.24, 2.45) is 0 Å². The Labute approximate surface area is 155 Å². The van der Waals surface area contributed by atoms with Crippen LogP contribution in [0.2, 0.25) is 0 Å². The third-order valence-corrected chi connectivity index (χ3v) is 4.75. The number of halogens is 1. The second-order valence-corrected chi connectivity index (χ2v) is 6.48. The maximum Gasteiger partial charge on any atom is 0.519 e. The number of pyridine rings is 1. The summed E-state index contributed by atoms with van der Waals surface area (Å²) in [5, 5.41) is 0. The van der Waals surface area contributed by atoms with Crippen molar-refractivity contribution in [3.63, 3.8) is 0 Å². The molecule has 3 aromatic rings. The lowest BCUT2D eigenvalue weighted by Crippen LogP contribution is -2.47. The van der Waals surface area contributed by atoms with Gasteiger partial charge in [0.05, 0.1) is 0 Å². The van der Waals surface area contributed by atoms with Crippen molar-refractivity contribution in [3.8, 4) is 11.3 Å². The smallest absolute Gasteiger partial charge is 0.395 e. The summed E-state index contributed by atoms with van der Waals surface area (Å²) in [6.07, 6.45) is 2.36. The highest BCUT2D eigenvalue weighted by molar-refractivity contribution is 5.58. The minimum Gasteiger partial charge on any atom is -0.395 e. The standard InChI is InChI=1S/C20H20FN3O3/c21-16-6-4-15(5-7-16)19-17(26-20(25)27-19)8-10-23-11-13-24(14-12-23)18-3-1-2-9-22-18/h1-7,9H,8,10-14H2. The van der Waals surface area contributed by atoms with Crippen molar-refractivity contribution >= 4 is 5.82 Å². The van der Waals surface area contributed by atoms with E-state index in [-0.39, 0.29) is 5.82 Å². The quantitative estimate of drug-likeness (QED) is 0.689. The first-order valence-corrected chi connectivity index (χ1v) is 8.96. The molecule has 4 rings (SSSR count). The maximum absolute atomic E-state index is 13.1. The van der Waals surface area contributed by atoms with E-state index in [9.17, 15) is 9.18 Å². The zero-order chi connectivity index (χ0) is 18.6. The van der Waals surface area contributed by atoms with Gasteiger partial charge in [-0.2, -0.15) is 0 Å². The number of aromatic nitrogens is 1. The van der Waals surface area contributed by atoms with Gasteiger partial charge in [-0.3, -0.25) is 4.90 Å². The molecule has 0 aliphatic carbocycles. The van der Waals surface area contributed by atoms with E-state index in [0.717, 1.165) is 38.5 Å². The second kappa shape index (κ2) is 7.75. The lowest BCUT2D eigenvalue weighted by atomic mass is 10.1.